The molecule has 2 rings (SSSR count). The summed E-state index contributed by atoms with van der Waals surface area (Å²) in [7, 11) is 0. The van der Waals surface area contributed by atoms with Gasteiger partial charge in [-0.2, -0.15) is 0 Å². The Morgan fingerprint density at radius 2 is 0.593 bits per heavy atom. The summed E-state index contributed by atoms with van der Waals surface area (Å²) in [4.78, 5) is 0. The summed E-state index contributed by atoms with van der Waals surface area (Å²) in [6.07, 6.45) is 3.75. The van der Waals surface area contributed by atoms with E-state index in [0.29, 0.717) is 11.5 Å². The van der Waals surface area contributed by atoms with E-state index in [9.17, 15) is 0 Å². The fourth-order valence-corrected chi connectivity index (χ4v) is 0.856. The molecule has 2 aromatic carbocycles. The minimum Gasteiger partial charge on any atom is -0.508 e. The molecule has 0 unspecified atom stereocenters. The molecule has 0 amide bonds. The van der Waals surface area contributed by atoms with Gasteiger partial charge < -0.3 is 10.2 Å². The quantitative estimate of drug-likeness (QED) is 0.478. The Kier molecular flexibility index (Phi) is 58.7. The van der Waals surface area contributed by atoms with E-state index in [4.69, 9.17) is 10.2 Å². The van der Waals surface area contributed by atoms with Gasteiger partial charge in [-0.1, -0.05) is 125 Å². The molecule has 2 heteroatoms. The normalized spacial score (nSPS) is 6.89. The Morgan fingerprint density at radius 3 is 0.667 bits per heavy atom. The smallest absolute Gasteiger partial charge is 0.115 e. The zero-order valence-electron chi connectivity index (χ0n) is 19.8. The number of rotatable bonds is 0. The summed E-state index contributed by atoms with van der Waals surface area (Å²) in [5.74, 6) is 0.644. The molecule has 0 radical (unpaired) electrons. The number of aromatic hydroxyl groups is 2. The molecule has 0 saturated heterocycles. The molecule has 2 nitrogen and oxygen atoms in total. The predicted molar refractivity (Wildman–Crippen MR) is 127 cm³/mol. The lowest BCUT2D eigenvalue weighted by Crippen LogP contribution is -1.56. The first kappa shape index (κ1) is 36.0. The van der Waals surface area contributed by atoms with Crippen LogP contribution < -0.4 is 0 Å². The summed E-state index contributed by atoms with van der Waals surface area (Å²) in [6, 6.07) is 17.4. The molecule has 0 aliphatic rings. The molecular weight excluding hydrogens is 332 g/mol. The molecule has 0 aliphatic carbocycles. The van der Waals surface area contributed by atoms with Gasteiger partial charge in [-0.15, -0.1) is 0 Å². The van der Waals surface area contributed by atoms with Gasteiger partial charge in [0.25, 0.3) is 0 Å². The van der Waals surface area contributed by atoms with Gasteiger partial charge in [0.1, 0.15) is 11.5 Å². The van der Waals surface area contributed by atoms with Gasteiger partial charge in [0.05, 0.1) is 0 Å². The van der Waals surface area contributed by atoms with Gasteiger partial charge in [0.15, 0.2) is 0 Å². The standard InChI is InChI=1S/2C6H6O.3C3H8.2C2H6/c2*7-6-4-2-1-3-5-6;3*1-3-2;2*1-2/h2*1-5,7H;3*3H2,1-2H3;2*1-2H3. The highest BCUT2D eigenvalue weighted by atomic mass is 16.3. The van der Waals surface area contributed by atoms with Crippen molar-refractivity contribution in [2.75, 3.05) is 0 Å². The van der Waals surface area contributed by atoms with Crippen LogP contribution in [0.25, 0.3) is 0 Å². The molecule has 0 fully saturated rings. The highest BCUT2D eigenvalue weighted by Crippen LogP contribution is 2.03. The maximum atomic E-state index is 8.63. The van der Waals surface area contributed by atoms with Gasteiger partial charge in [0, 0.05) is 0 Å². The average molecular weight is 381 g/mol. The fourth-order valence-electron chi connectivity index (χ4n) is 0.856. The molecular formula is C25H48O2. The van der Waals surface area contributed by atoms with Crippen molar-refractivity contribution in [3.05, 3.63) is 60.7 Å². The van der Waals surface area contributed by atoms with Crippen molar-refractivity contribution in [1.29, 1.82) is 0 Å². The highest BCUT2D eigenvalue weighted by molar-refractivity contribution is 5.19. The second kappa shape index (κ2) is 44.0. The van der Waals surface area contributed by atoms with Crippen molar-refractivity contribution in [2.45, 2.75) is 88.5 Å². The first-order valence-electron chi connectivity index (χ1n) is 10.5. The van der Waals surface area contributed by atoms with Gasteiger partial charge in [0.2, 0.25) is 0 Å². The number of para-hydroxylation sites is 2. The van der Waals surface area contributed by atoms with E-state index in [0.717, 1.165) is 0 Å². The lowest BCUT2D eigenvalue weighted by atomic mass is 10.3. The molecule has 0 aromatic heterocycles. The first-order chi connectivity index (χ1) is 13.0. The summed E-state index contributed by atoms with van der Waals surface area (Å²) in [5, 5.41) is 17.3. The maximum Gasteiger partial charge on any atom is 0.115 e. The minimum atomic E-state index is 0.322. The molecule has 0 aliphatic heterocycles. The minimum absolute atomic E-state index is 0.322. The number of phenols is 2. The SMILES string of the molecule is CC.CC.CCC.CCC.CCC.Oc1ccccc1.Oc1ccccc1. The monoisotopic (exact) mass is 380 g/mol. The van der Waals surface area contributed by atoms with Crippen LogP contribution in [0.2, 0.25) is 0 Å². The van der Waals surface area contributed by atoms with Crippen LogP contribution in [0.3, 0.4) is 0 Å². The van der Waals surface area contributed by atoms with Gasteiger partial charge in [-0.05, 0) is 24.3 Å². The van der Waals surface area contributed by atoms with Crippen LogP contribution in [0.15, 0.2) is 60.7 Å². The van der Waals surface area contributed by atoms with Gasteiger partial charge in [-0.3, -0.25) is 0 Å². The second-order valence-corrected chi connectivity index (χ2v) is 4.79. The second-order valence-electron chi connectivity index (χ2n) is 4.79. The van der Waals surface area contributed by atoms with Crippen LogP contribution in [0.4, 0.5) is 0 Å². The third kappa shape index (κ3) is 59.2. The van der Waals surface area contributed by atoms with E-state index >= 15 is 0 Å². The lowest BCUT2D eigenvalue weighted by molar-refractivity contribution is 0.475. The zero-order valence-corrected chi connectivity index (χ0v) is 19.8. The van der Waals surface area contributed by atoms with Gasteiger partial charge in [-0.25, -0.2) is 0 Å². The Morgan fingerprint density at radius 1 is 0.444 bits per heavy atom. The van der Waals surface area contributed by atoms with E-state index in [1.807, 2.05) is 39.8 Å². The Bertz CT molecular complexity index is 343. The molecule has 0 saturated carbocycles. The summed E-state index contributed by atoms with van der Waals surface area (Å²) in [5.41, 5.74) is 0. The van der Waals surface area contributed by atoms with Crippen molar-refractivity contribution in [1.82, 2.24) is 0 Å². The zero-order chi connectivity index (χ0) is 22.3. The molecule has 2 aromatic rings. The topological polar surface area (TPSA) is 40.5 Å². The van der Waals surface area contributed by atoms with Crippen LogP contribution in [0, 0.1) is 0 Å². The third-order valence-corrected chi connectivity index (χ3v) is 1.51. The molecule has 0 bridgehead atoms. The van der Waals surface area contributed by atoms with Crippen LogP contribution in [0.1, 0.15) is 88.5 Å². The number of benzene rings is 2. The summed E-state index contributed by atoms with van der Waals surface area (Å²) >= 11 is 0. The summed E-state index contributed by atoms with van der Waals surface area (Å²) < 4.78 is 0. The van der Waals surface area contributed by atoms with Crippen LogP contribution in [0.5, 0.6) is 11.5 Å². The van der Waals surface area contributed by atoms with E-state index < -0.39 is 0 Å². The molecule has 160 valence electrons. The van der Waals surface area contributed by atoms with Crippen LogP contribution in [-0.4, -0.2) is 10.2 Å². The van der Waals surface area contributed by atoms with E-state index in [1.165, 1.54) is 19.3 Å². The van der Waals surface area contributed by atoms with Gasteiger partial charge >= 0.3 is 0 Å². The fraction of sp³-hybridized carbons (Fsp3) is 0.520. The van der Waals surface area contributed by atoms with E-state index in [1.54, 1.807) is 48.5 Å². The van der Waals surface area contributed by atoms with Crippen molar-refractivity contribution < 1.29 is 10.2 Å². The predicted octanol–water partition coefficient (Wildman–Crippen LogP) is 9.09. The third-order valence-electron chi connectivity index (χ3n) is 1.51. The largest absolute Gasteiger partial charge is 0.508 e. The number of hydrogen-bond donors (Lipinski definition) is 2. The Labute approximate surface area is 171 Å². The highest BCUT2D eigenvalue weighted by Gasteiger charge is 1.75. The Balaban J connectivity index is -0.0000000755. The molecule has 0 heterocycles. The van der Waals surface area contributed by atoms with Crippen molar-refractivity contribution >= 4 is 0 Å². The molecule has 0 spiro atoms. The summed E-state index contributed by atoms with van der Waals surface area (Å²) in [6.45, 7) is 20.8. The van der Waals surface area contributed by atoms with Crippen molar-refractivity contribution in [2.24, 2.45) is 0 Å². The first-order valence-corrected chi connectivity index (χ1v) is 10.5. The lowest BCUT2D eigenvalue weighted by Gasteiger charge is -1.82. The van der Waals surface area contributed by atoms with Crippen LogP contribution in [-0.2, 0) is 0 Å². The van der Waals surface area contributed by atoms with Crippen molar-refractivity contribution in [3.63, 3.8) is 0 Å². The average Bonchev–Trinajstić information content (AvgIpc) is 2.69. The van der Waals surface area contributed by atoms with Crippen molar-refractivity contribution in [3.8, 4) is 11.5 Å². The number of phenolic OH excluding ortho intramolecular Hbond substituents is 2. The van der Waals surface area contributed by atoms with Crippen LogP contribution >= 0.6 is 0 Å². The Hall–Kier alpha value is -1.96. The molecule has 2 N–H and O–H groups in total. The number of hydrogen-bond acceptors (Lipinski definition) is 2. The maximum absolute atomic E-state index is 8.63. The molecule has 0 atom stereocenters. The molecule has 27 heavy (non-hydrogen) atoms. The van der Waals surface area contributed by atoms with E-state index in [2.05, 4.69) is 41.5 Å². The van der Waals surface area contributed by atoms with E-state index in [-0.39, 0.29) is 0 Å².